The Hall–Kier alpha value is -5.86. The molecule has 1 aromatic heterocycles. The van der Waals surface area contributed by atoms with Crippen molar-refractivity contribution in [3.63, 3.8) is 0 Å². The topological polar surface area (TPSA) is 16.4 Å². The average molecular weight is 742 g/mol. The molecule has 2 aliphatic rings. The second kappa shape index (κ2) is 12.1. The third kappa shape index (κ3) is 5.15. The first-order chi connectivity index (χ1) is 27.2. The summed E-state index contributed by atoms with van der Waals surface area (Å²) in [6.45, 7) is 20.9. The zero-order valence-electron chi connectivity index (χ0n) is 34.7. The summed E-state index contributed by atoms with van der Waals surface area (Å²) in [5.41, 5.74) is 19.2. The van der Waals surface area contributed by atoms with Crippen LogP contribution in [-0.4, -0.2) is 0 Å². The standard InChI is InChI=1S/C55H51NO/c1-52(2,3)35-31-42-50-48(26-17-27-49(50)57-51(42)47(32-35)53(4,5)6)56(37-28-29-44-41(33-37)40-22-10-13-23-43(40)54(44,7)8)36-19-16-18-34(30-36)55(9)45-24-14-11-20-38(45)39-21-12-15-25-46(39)55/h10-33H,1-9H3. The van der Waals surface area contributed by atoms with E-state index in [9.17, 15) is 0 Å². The first-order valence-electron chi connectivity index (χ1n) is 20.5. The lowest BCUT2D eigenvalue weighted by atomic mass is 9.74. The Balaban J connectivity index is 1.27. The van der Waals surface area contributed by atoms with Gasteiger partial charge < -0.3 is 9.32 Å². The fraction of sp³-hybridized carbons (Fsp3) is 0.236. The molecule has 0 amide bonds. The molecule has 8 aromatic rings. The second-order valence-corrected chi connectivity index (χ2v) is 19.2. The van der Waals surface area contributed by atoms with E-state index in [1.807, 2.05) is 0 Å². The fourth-order valence-corrected chi connectivity index (χ4v) is 10.1. The van der Waals surface area contributed by atoms with Crippen molar-refractivity contribution < 1.29 is 4.42 Å². The number of nitrogens with zero attached hydrogens (tertiary/aromatic N) is 1. The van der Waals surface area contributed by atoms with Crippen LogP contribution in [0.2, 0.25) is 0 Å². The maximum absolute atomic E-state index is 6.96. The highest BCUT2D eigenvalue weighted by molar-refractivity contribution is 6.14. The summed E-state index contributed by atoms with van der Waals surface area (Å²) in [6, 6.07) is 54.6. The van der Waals surface area contributed by atoms with Crippen LogP contribution in [-0.2, 0) is 21.7 Å². The Bertz CT molecular complexity index is 2880. The van der Waals surface area contributed by atoms with Crippen molar-refractivity contribution in [3.05, 3.63) is 185 Å². The minimum absolute atomic E-state index is 0.0375. The van der Waals surface area contributed by atoms with Crippen molar-refractivity contribution in [1.29, 1.82) is 0 Å². The molecule has 10 rings (SSSR count). The smallest absolute Gasteiger partial charge is 0.139 e. The highest BCUT2D eigenvalue weighted by atomic mass is 16.3. The molecule has 0 bridgehead atoms. The predicted octanol–water partition coefficient (Wildman–Crippen LogP) is 15.3. The largest absolute Gasteiger partial charge is 0.456 e. The van der Waals surface area contributed by atoms with Crippen molar-refractivity contribution in [1.82, 2.24) is 0 Å². The quantitative estimate of drug-likeness (QED) is 0.179. The van der Waals surface area contributed by atoms with E-state index in [0.717, 1.165) is 39.0 Å². The molecule has 0 aliphatic heterocycles. The summed E-state index contributed by atoms with van der Waals surface area (Å²) in [7, 11) is 0. The molecule has 0 spiro atoms. The Morgan fingerprint density at radius 1 is 0.491 bits per heavy atom. The van der Waals surface area contributed by atoms with Gasteiger partial charge in [-0.2, -0.15) is 0 Å². The molecule has 282 valence electrons. The molecular formula is C55H51NO. The van der Waals surface area contributed by atoms with Crippen LogP contribution in [0.25, 0.3) is 44.2 Å². The maximum atomic E-state index is 6.96. The van der Waals surface area contributed by atoms with Crippen LogP contribution in [0.5, 0.6) is 0 Å². The molecule has 0 N–H and O–H groups in total. The zero-order valence-corrected chi connectivity index (χ0v) is 34.7. The van der Waals surface area contributed by atoms with Gasteiger partial charge in [-0.1, -0.05) is 159 Å². The summed E-state index contributed by atoms with van der Waals surface area (Å²) < 4.78 is 6.96. The first-order valence-corrected chi connectivity index (χ1v) is 20.5. The lowest BCUT2D eigenvalue weighted by molar-refractivity contribution is 0.559. The highest BCUT2D eigenvalue weighted by Crippen LogP contribution is 2.55. The summed E-state index contributed by atoms with van der Waals surface area (Å²) in [6.07, 6.45) is 0. The molecule has 0 saturated heterocycles. The van der Waals surface area contributed by atoms with Crippen molar-refractivity contribution >= 4 is 39.0 Å². The van der Waals surface area contributed by atoms with Gasteiger partial charge in [0.2, 0.25) is 0 Å². The fourth-order valence-electron chi connectivity index (χ4n) is 10.1. The normalized spacial score (nSPS) is 15.0. The number of fused-ring (bicyclic) bond motifs is 9. The second-order valence-electron chi connectivity index (χ2n) is 19.2. The monoisotopic (exact) mass is 741 g/mol. The van der Waals surface area contributed by atoms with Crippen molar-refractivity contribution in [2.45, 2.75) is 84.0 Å². The molecule has 2 nitrogen and oxygen atoms in total. The van der Waals surface area contributed by atoms with Gasteiger partial charge >= 0.3 is 0 Å². The summed E-state index contributed by atoms with van der Waals surface area (Å²) in [4.78, 5) is 2.49. The lowest BCUT2D eigenvalue weighted by Crippen LogP contribution is -2.23. The molecule has 0 radical (unpaired) electrons. The predicted molar refractivity (Wildman–Crippen MR) is 241 cm³/mol. The van der Waals surface area contributed by atoms with Gasteiger partial charge in [0, 0.05) is 33.2 Å². The summed E-state index contributed by atoms with van der Waals surface area (Å²) in [5.74, 6) is 0. The SMILES string of the molecule is CC(C)(C)c1cc(C(C)(C)C)c2oc3cccc(N(c4cccc(C5(C)c6ccccc6-c6ccccc65)c4)c4ccc5c(c4)-c4ccccc4C5(C)C)c3c2c1. The van der Waals surface area contributed by atoms with Gasteiger partial charge in [-0.3, -0.25) is 0 Å². The van der Waals surface area contributed by atoms with E-state index in [2.05, 4.69) is 213 Å². The van der Waals surface area contributed by atoms with Crippen LogP contribution in [0.15, 0.2) is 150 Å². The Kier molecular flexibility index (Phi) is 7.53. The van der Waals surface area contributed by atoms with Crippen LogP contribution in [0.3, 0.4) is 0 Å². The Morgan fingerprint density at radius 2 is 1.07 bits per heavy atom. The molecule has 0 fully saturated rings. The van der Waals surface area contributed by atoms with E-state index in [1.165, 1.54) is 61.2 Å². The number of rotatable bonds is 4. The minimum atomic E-state index is -0.326. The van der Waals surface area contributed by atoms with Crippen LogP contribution in [0.4, 0.5) is 17.1 Å². The minimum Gasteiger partial charge on any atom is -0.456 e. The van der Waals surface area contributed by atoms with Gasteiger partial charge in [0.15, 0.2) is 0 Å². The highest BCUT2D eigenvalue weighted by Gasteiger charge is 2.41. The molecule has 2 aliphatic carbocycles. The number of hydrogen-bond acceptors (Lipinski definition) is 2. The van der Waals surface area contributed by atoms with Crippen molar-refractivity contribution in [2.75, 3.05) is 4.90 Å². The molecule has 2 heteroatoms. The zero-order chi connectivity index (χ0) is 39.6. The van der Waals surface area contributed by atoms with Gasteiger partial charge in [0.05, 0.1) is 11.1 Å². The Labute approximate surface area is 337 Å². The van der Waals surface area contributed by atoms with Gasteiger partial charge in [0.25, 0.3) is 0 Å². The van der Waals surface area contributed by atoms with Crippen molar-refractivity contribution in [3.8, 4) is 22.3 Å². The van der Waals surface area contributed by atoms with Gasteiger partial charge in [-0.15, -0.1) is 0 Å². The van der Waals surface area contributed by atoms with E-state index in [0.29, 0.717) is 0 Å². The summed E-state index contributed by atoms with van der Waals surface area (Å²) >= 11 is 0. The van der Waals surface area contributed by atoms with Crippen LogP contribution >= 0.6 is 0 Å². The third-order valence-corrected chi connectivity index (χ3v) is 13.2. The first kappa shape index (κ1) is 35.5. The van der Waals surface area contributed by atoms with E-state index in [1.54, 1.807) is 0 Å². The van der Waals surface area contributed by atoms with E-state index >= 15 is 0 Å². The van der Waals surface area contributed by atoms with E-state index in [-0.39, 0.29) is 21.7 Å². The number of furan rings is 1. The molecule has 57 heavy (non-hydrogen) atoms. The van der Waals surface area contributed by atoms with Crippen LogP contribution in [0, 0.1) is 0 Å². The number of hydrogen-bond donors (Lipinski definition) is 0. The number of anilines is 3. The van der Waals surface area contributed by atoms with Gasteiger partial charge in [-0.25, -0.2) is 0 Å². The number of benzene rings is 7. The van der Waals surface area contributed by atoms with Crippen LogP contribution in [0.1, 0.15) is 101 Å². The molecule has 0 atom stereocenters. The third-order valence-electron chi connectivity index (χ3n) is 13.2. The Morgan fingerprint density at radius 3 is 1.72 bits per heavy atom. The van der Waals surface area contributed by atoms with Crippen molar-refractivity contribution in [2.24, 2.45) is 0 Å². The molecule has 0 saturated carbocycles. The van der Waals surface area contributed by atoms with E-state index < -0.39 is 0 Å². The van der Waals surface area contributed by atoms with E-state index in [4.69, 9.17) is 4.42 Å². The average Bonchev–Trinajstić information content (AvgIpc) is 3.78. The van der Waals surface area contributed by atoms with Crippen LogP contribution < -0.4 is 4.90 Å². The molecular weight excluding hydrogens is 691 g/mol. The summed E-state index contributed by atoms with van der Waals surface area (Å²) in [5, 5.41) is 2.30. The van der Waals surface area contributed by atoms with Gasteiger partial charge in [-0.05, 0) is 116 Å². The lowest BCUT2D eigenvalue weighted by Gasteiger charge is -2.32. The molecule has 0 unspecified atom stereocenters. The maximum Gasteiger partial charge on any atom is 0.139 e. The molecule has 7 aromatic carbocycles. The molecule has 1 heterocycles. The van der Waals surface area contributed by atoms with Gasteiger partial charge in [0.1, 0.15) is 11.2 Å².